The summed E-state index contributed by atoms with van der Waals surface area (Å²) < 4.78 is 52.9. The fraction of sp³-hybridized carbons (Fsp3) is 0.754. The van der Waals surface area contributed by atoms with Crippen LogP contribution in [0.15, 0.2) is 41.5 Å². The normalized spacial score (nSPS) is 30.9. The summed E-state index contributed by atoms with van der Waals surface area (Å²) >= 11 is 0. The van der Waals surface area contributed by atoms with Gasteiger partial charge in [-0.05, 0) is 100 Å². The number of fused-ring (bicyclic) bond motifs is 5. The monoisotopic (exact) mass is 1080 g/mol. The number of esters is 4. The Morgan fingerprint density at radius 1 is 0.867 bits per heavy atom. The second-order valence-corrected chi connectivity index (χ2v) is 34.8. The number of hydrogen-bond donors (Lipinski definition) is 2. The molecule has 1 saturated heterocycles. The fourth-order valence-corrected chi connectivity index (χ4v) is 16.8. The van der Waals surface area contributed by atoms with E-state index in [-0.39, 0.29) is 18.6 Å². The molecule has 1 heterocycles. The molecule has 2 N–H and O–H groups in total. The standard InChI is InChI=1S/C57H89NO15Si2/c1-18-75(19-2,20-3)72-40-31-41-56(33-66-41,70-36(6)60)46-48(69-49(62)38-29-25-22-26-30-38)57(65)32-39(34(4)42(54(57,13)14)44(67-35(5)59)47(61)55(40,46)15)68-50(63)45(73-74(16,17)53(10,11)12)43(37-27-23-21-24-28-37)58-51(64)71-52(7,8)9/h21,23-24,27-28,38-41,43-46,48,65H,18-20,22,25-26,29-33H2,1-17H3,(H,58,64)/t39-,40-,41+,43-,44+,45+,46-,48-,55+,56-,57+/m0/s1. The predicted molar refractivity (Wildman–Crippen MR) is 286 cm³/mol. The highest BCUT2D eigenvalue weighted by atomic mass is 28.4. The van der Waals surface area contributed by atoms with E-state index >= 15 is 14.4 Å². The van der Waals surface area contributed by atoms with Gasteiger partial charge in [0, 0.05) is 32.1 Å². The maximum absolute atomic E-state index is 16.6. The van der Waals surface area contributed by atoms with E-state index in [1.54, 1.807) is 72.7 Å². The molecule has 18 heteroatoms. The Kier molecular flexibility index (Phi) is 17.7. The molecule has 16 nitrogen and oxygen atoms in total. The van der Waals surface area contributed by atoms with E-state index in [1.807, 2.05) is 39.9 Å². The Labute approximate surface area is 448 Å². The summed E-state index contributed by atoms with van der Waals surface area (Å²) in [5, 5.41) is 16.9. The molecule has 0 radical (unpaired) electrons. The molecule has 0 spiro atoms. The van der Waals surface area contributed by atoms with Crippen molar-refractivity contribution in [2.45, 2.75) is 245 Å². The van der Waals surface area contributed by atoms with Crippen LogP contribution in [0.4, 0.5) is 4.79 Å². The number of Topliss-reactive ketones (excluding diaryl/α,β-unsaturated/α-hetero) is 1. The van der Waals surface area contributed by atoms with E-state index in [9.17, 15) is 19.5 Å². The number of rotatable bonds is 16. The highest BCUT2D eigenvalue weighted by Gasteiger charge is 2.79. The van der Waals surface area contributed by atoms with Gasteiger partial charge in [-0.2, -0.15) is 0 Å². The van der Waals surface area contributed by atoms with Crippen LogP contribution in [0.2, 0.25) is 36.3 Å². The van der Waals surface area contributed by atoms with Crippen molar-refractivity contribution in [3.8, 4) is 0 Å². The van der Waals surface area contributed by atoms with Crippen molar-refractivity contribution in [3.63, 3.8) is 0 Å². The number of carbonyl (C=O) groups excluding carboxylic acids is 6. The zero-order chi connectivity index (χ0) is 56.1. The smallest absolute Gasteiger partial charge is 0.408 e. The summed E-state index contributed by atoms with van der Waals surface area (Å²) in [6, 6.07) is 9.87. The van der Waals surface area contributed by atoms with Gasteiger partial charge >= 0.3 is 30.0 Å². The van der Waals surface area contributed by atoms with Crippen LogP contribution in [0.5, 0.6) is 0 Å². The Bertz CT molecular complexity index is 2320. The van der Waals surface area contributed by atoms with Crippen LogP contribution >= 0.6 is 0 Å². The molecule has 420 valence electrons. The predicted octanol–water partition coefficient (Wildman–Crippen LogP) is 10.2. The lowest BCUT2D eigenvalue weighted by Gasteiger charge is -2.68. The molecule has 1 aliphatic heterocycles. The Hall–Kier alpha value is -3.95. The molecule has 1 amide bonds. The van der Waals surface area contributed by atoms with E-state index in [0.29, 0.717) is 42.1 Å². The Morgan fingerprint density at radius 2 is 1.47 bits per heavy atom. The lowest BCUT2D eigenvalue weighted by Crippen LogP contribution is -2.82. The Morgan fingerprint density at radius 3 is 1.97 bits per heavy atom. The minimum Gasteiger partial charge on any atom is -0.459 e. The number of hydrogen-bond acceptors (Lipinski definition) is 15. The molecular formula is C57H89NO15Si2. The minimum absolute atomic E-state index is 0.118. The van der Waals surface area contributed by atoms with E-state index in [2.05, 4.69) is 26.1 Å². The lowest BCUT2D eigenvalue weighted by atomic mass is 9.44. The molecule has 75 heavy (non-hydrogen) atoms. The van der Waals surface area contributed by atoms with E-state index in [4.69, 9.17) is 37.3 Å². The lowest BCUT2D eigenvalue weighted by molar-refractivity contribution is -0.346. The molecule has 2 bridgehead atoms. The number of benzene rings is 1. The summed E-state index contributed by atoms with van der Waals surface area (Å²) in [6.07, 6.45) is -5.46. The largest absolute Gasteiger partial charge is 0.459 e. The van der Waals surface area contributed by atoms with Gasteiger partial charge in [0.2, 0.25) is 0 Å². The maximum Gasteiger partial charge on any atom is 0.408 e. The Balaban J connectivity index is 1.64. The quantitative estimate of drug-likeness (QED) is 0.0683. The van der Waals surface area contributed by atoms with Gasteiger partial charge < -0.3 is 47.7 Å². The average molecular weight is 1080 g/mol. The van der Waals surface area contributed by atoms with Gasteiger partial charge in [0.05, 0.1) is 36.0 Å². The van der Waals surface area contributed by atoms with Gasteiger partial charge in [-0.15, -0.1) is 0 Å². The molecule has 4 aliphatic carbocycles. The van der Waals surface area contributed by atoms with Crippen molar-refractivity contribution in [1.82, 2.24) is 5.32 Å². The zero-order valence-corrected chi connectivity index (χ0v) is 50.0. The zero-order valence-electron chi connectivity index (χ0n) is 48.0. The van der Waals surface area contributed by atoms with Crippen molar-refractivity contribution < 1.29 is 71.1 Å². The second-order valence-electron chi connectivity index (χ2n) is 25.3. The summed E-state index contributed by atoms with van der Waals surface area (Å²) in [6.45, 7) is 30.5. The molecule has 0 unspecified atom stereocenters. The van der Waals surface area contributed by atoms with Gasteiger partial charge in [0.1, 0.15) is 29.5 Å². The van der Waals surface area contributed by atoms with Crippen LogP contribution in [-0.2, 0) is 61.2 Å². The van der Waals surface area contributed by atoms with Gasteiger partial charge in [0.15, 0.2) is 40.2 Å². The third-order valence-electron chi connectivity index (χ3n) is 18.3. The average Bonchev–Trinajstić information content (AvgIpc) is 3.31. The van der Waals surface area contributed by atoms with Crippen LogP contribution in [-0.4, -0.2) is 118 Å². The first-order chi connectivity index (χ1) is 34.7. The molecule has 1 aromatic rings. The van der Waals surface area contributed by atoms with Crippen LogP contribution < -0.4 is 5.32 Å². The van der Waals surface area contributed by atoms with Gasteiger partial charge in [-0.3, -0.25) is 19.2 Å². The topological polar surface area (TPSA) is 209 Å². The first-order valence-electron chi connectivity index (χ1n) is 27.5. The SMILES string of the molecule is CC[Si](CC)(CC)O[C@H]1C[C@H]2OC[C@@]2(OC(C)=O)[C@H]2[C@H](OC(=O)C3CCCCC3)[C@]3(O)C[C@H](OC(=O)[C@H](O[Si](C)(C)C(C)(C)C)[C@@H](NC(=O)OC(C)(C)C)c4ccccc4)C(C)=C([C@@H](OC(C)=O)C(=O)[C@]12C)C3(C)C. The number of ether oxygens (including phenoxy) is 6. The summed E-state index contributed by atoms with van der Waals surface area (Å²) in [4.78, 5) is 88.3. The molecule has 11 atom stereocenters. The van der Waals surface area contributed by atoms with Crippen LogP contribution in [0, 0.1) is 22.7 Å². The fourth-order valence-electron chi connectivity index (χ4n) is 12.7. The van der Waals surface area contributed by atoms with E-state index in [0.717, 1.165) is 19.3 Å². The van der Waals surface area contributed by atoms with Crippen molar-refractivity contribution in [1.29, 1.82) is 0 Å². The van der Waals surface area contributed by atoms with Crippen molar-refractivity contribution in [3.05, 3.63) is 47.0 Å². The highest BCUT2D eigenvalue weighted by molar-refractivity contribution is 6.74. The summed E-state index contributed by atoms with van der Waals surface area (Å²) in [7, 11) is -5.56. The van der Waals surface area contributed by atoms with E-state index in [1.165, 1.54) is 13.8 Å². The number of amides is 1. The highest BCUT2D eigenvalue weighted by Crippen LogP contribution is 2.65. The molecular weight excluding hydrogens is 995 g/mol. The molecule has 6 rings (SSSR count). The van der Waals surface area contributed by atoms with Gasteiger partial charge in [-0.25, -0.2) is 9.59 Å². The molecule has 0 aromatic heterocycles. The summed E-state index contributed by atoms with van der Waals surface area (Å²) in [5.41, 5.74) is -7.16. The third kappa shape index (κ3) is 11.5. The number of carbonyl (C=O) groups is 6. The maximum atomic E-state index is 16.6. The number of nitrogens with one attached hydrogen (secondary N) is 1. The first kappa shape index (κ1) is 60.3. The van der Waals surface area contributed by atoms with Crippen molar-refractivity contribution in [2.24, 2.45) is 22.7 Å². The second kappa shape index (κ2) is 22.1. The summed E-state index contributed by atoms with van der Waals surface area (Å²) in [5.74, 6) is -5.42. The van der Waals surface area contributed by atoms with Gasteiger partial charge in [0.25, 0.3) is 0 Å². The minimum atomic E-state index is -2.93. The van der Waals surface area contributed by atoms with Crippen LogP contribution in [0.1, 0.15) is 160 Å². The number of ketones is 1. The van der Waals surface area contributed by atoms with Crippen LogP contribution in [0.25, 0.3) is 0 Å². The van der Waals surface area contributed by atoms with Gasteiger partial charge in [-0.1, -0.05) is 105 Å². The van der Waals surface area contributed by atoms with Crippen LogP contribution in [0.3, 0.4) is 0 Å². The van der Waals surface area contributed by atoms with Crippen molar-refractivity contribution in [2.75, 3.05) is 6.61 Å². The van der Waals surface area contributed by atoms with Crippen molar-refractivity contribution >= 4 is 52.4 Å². The van der Waals surface area contributed by atoms with E-state index < -0.39 is 146 Å². The molecule has 5 aliphatic rings. The third-order valence-corrected chi connectivity index (χ3v) is 27.4. The molecule has 1 aromatic carbocycles. The number of aliphatic hydroxyl groups is 1. The molecule has 3 saturated carbocycles. The number of alkyl carbamates (subject to hydrolysis) is 1. The first-order valence-corrected chi connectivity index (χ1v) is 32.9. The molecule has 4 fully saturated rings.